The summed E-state index contributed by atoms with van der Waals surface area (Å²) in [5.74, 6) is 0.962. The topological polar surface area (TPSA) is 21.3 Å². The molecule has 1 atom stereocenters. The van der Waals surface area contributed by atoms with Crippen LogP contribution in [0.4, 0.5) is 0 Å². The van der Waals surface area contributed by atoms with Gasteiger partial charge in [0.2, 0.25) is 0 Å². The molecule has 0 bridgehead atoms. The maximum absolute atomic E-state index is 5.37. The van der Waals surface area contributed by atoms with E-state index in [0.29, 0.717) is 6.04 Å². The molecule has 0 spiro atoms. The minimum atomic E-state index is 0.565. The van der Waals surface area contributed by atoms with Crippen LogP contribution in [-0.4, -0.2) is 13.2 Å². The van der Waals surface area contributed by atoms with Crippen LogP contribution < -0.4 is 5.32 Å². The summed E-state index contributed by atoms with van der Waals surface area (Å²) in [6.07, 6.45) is 10.8. The van der Waals surface area contributed by atoms with Gasteiger partial charge in [-0.25, -0.2) is 0 Å². The summed E-state index contributed by atoms with van der Waals surface area (Å²) in [5, 5.41) is 3.53. The number of methoxy groups -OCH3 is 1. The Hall–Kier alpha value is -1.44. The van der Waals surface area contributed by atoms with Crippen LogP contribution in [0.5, 0.6) is 0 Å². The molecule has 1 heterocycles. The number of allylic oxidation sites excluding steroid dienone is 1. The van der Waals surface area contributed by atoms with Gasteiger partial charge in [0.05, 0.1) is 7.11 Å². The molecule has 2 rings (SSSR count). The molecule has 2 heteroatoms. The fourth-order valence-electron chi connectivity index (χ4n) is 2.66. The molecule has 0 amide bonds. The van der Waals surface area contributed by atoms with Gasteiger partial charge in [0, 0.05) is 6.04 Å². The van der Waals surface area contributed by atoms with E-state index in [9.17, 15) is 0 Å². The Kier molecular flexibility index (Phi) is 5.80. The van der Waals surface area contributed by atoms with E-state index in [4.69, 9.17) is 4.74 Å². The van der Waals surface area contributed by atoms with Gasteiger partial charge in [-0.05, 0) is 50.2 Å². The molecule has 1 aliphatic heterocycles. The molecule has 0 saturated carbocycles. The van der Waals surface area contributed by atoms with Crippen molar-refractivity contribution in [2.45, 2.75) is 51.0 Å². The first-order valence-corrected chi connectivity index (χ1v) is 7.43. The van der Waals surface area contributed by atoms with Crippen molar-refractivity contribution in [2.24, 2.45) is 0 Å². The van der Waals surface area contributed by atoms with Crippen LogP contribution in [0.1, 0.15) is 44.1 Å². The molecule has 0 fully saturated rings. The molecule has 0 aliphatic carbocycles. The molecule has 1 N–H and O–H groups in total. The highest BCUT2D eigenvalue weighted by atomic mass is 16.5. The maximum Gasteiger partial charge on any atom is 0.182 e. The van der Waals surface area contributed by atoms with Crippen molar-refractivity contribution >= 4 is 0 Å². The van der Waals surface area contributed by atoms with Crippen LogP contribution in [-0.2, 0) is 11.2 Å². The first-order chi connectivity index (χ1) is 9.38. The average Bonchev–Trinajstić information content (AvgIpc) is 2.42. The van der Waals surface area contributed by atoms with E-state index < -0.39 is 0 Å². The second-order valence-corrected chi connectivity index (χ2v) is 5.28. The summed E-state index contributed by atoms with van der Waals surface area (Å²) in [6.45, 7) is 0. The van der Waals surface area contributed by atoms with E-state index in [1.807, 2.05) is 0 Å². The second-order valence-electron chi connectivity index (χ2n) is 5.28. The Morgan fingerprint density at radius 3 is 2.84 bits per heavy atom. The van der Waals surface area contributed by atoms with Crippen LogP contribution in [0.3, 0.4) is 0 Å². The lowest BCUT2D eigenvalue weighted by atomic mass is 9.99. The van der Waals surface area contributed by atoms with E-state index in [1.54, 1.807) is 7.11 Å². The highest BCUT2D eigenvalue weighted by Gasteiger charge is 2.12. The lowest BCUT2D eigenvalue weighted by molar-refractivity contribution is 0.236. The Balaban J connectivity index is 1.77. The Bertz CT molecular complexity index is 386. The molecule has 1 aliphatic rings. The zero-order chi connectivity index (χ0) is 13.3. The highest BCUT2D eigenvalue weighted by molar-refractivity contribution is 5.14. The first-order valence-electron chi connectivity index (χ1n) is 7.43. The molecule has 0 saturated heterocycles. The average molecular weight is 259 g/mol. The number of aryl methyl sites for hydroxylation is 1. The quantitative estimate of drug-likeness (QED) is 0.862. The first kappa shape index (κ1) is 14.0. The monoisotopic (exact) mass is 259 g/mol. The van der Waals surface area contributed by atoms with Gasteiger partial charge in [-0.2, -0.15) is 0 Å². The Morgan fingerprint density at radius 2 is 2.05 bits per heavy atom. The smallest absolute Gasteiger partial charge is 0.182 e. The van der Waals surface area contributed by atoms with Crippen LogP contribution in [0, 0.1) is 0 Å². The summed E-state index contributed by atoms with van der Waals surface area (Å²) in [7, 11) is 1.75. The third kappa shape index (κ3) is 4.98. The van der Waals surface area contributed by atoms with Crippen molar-refractivity contribution in [2.75, 3.05) is 7.11 Å². The third-order valence-corrected chi connectivity index (χ3v) is 3.76. The largest absolute Gasteiger partial charge is 0.483 e. The van der Waals surface area contributed by atoms with Gasteiger partial charge in [0.25, 0.3) is 0 Å². The predicted molar refractivity (Wildman–Crippen MR) is 79.9 cm³/mol. The number of benzene rings is 1. The Labute approximate surface area is 116 Å². The van der Waals surface area contributed by atoms with Gasteiger partial charge >= 0.3 is 0 Å². The zero-order valence-electron chi connectivity index (χ0n) is 11.9. The van der Waals surface area contributed by atoms with Gasteiger partial charge in [-0.15, -0.1) is 0 Å². The fraction of sp³-hybridized carbons (Fsp3) is 0.529. The summed E-state index contributed by atoms with van der Waals surface area (Å²) < 4.78 is 5.37. The third-order valence-electron chi connectivity index (χ3n) is 3.76. The highest BCUT2D eigenvalue weighted by Crippen LogP contribution is 2.16. The summed E-state index contributed by atoms with van der Waals surface area (Å²) in [5.41, 5.74) is 1.44. The van der Waals surface area contributed by atoms with Gasteiger partial charge in [0.15, 0.2) is 5.88 Å². The van der Waals surface area contributed by atoms with Crippen LogP contribution >= 0.6 is 0 Å². The van der Waals surface area contributed by atoms with Crippen molar-refractivity contribution < 1.29 is 4.74 Å². The Morgan fingerprint density at radius 1 is 1.21 bits per heavy atom. The van der Waals surface area contributed by atoms with E-state index >= 15 is 0 Å². The van der Waals surface area contributed by atoms with Crippen molar-refractivity contribution in [3.8, 4) is 0 Å². The molecule has 1 unspecified atom stereocenters. The molecule has 0 aromatic heterocycles. The van der Waals surface area contributed by atoms with E-state index in [1.165, 1.54) is 44.1 Å². The van der Waals surface area contributed by atoms with Crippen molar-refractivity contribution in [1.29, 1.82) is 0 Å². The van der Waals surface area contributed by atoms with Crippen molar-refractivity contribution in [3.05, 3.63) is 47.9 Å². The van der Waals surface area contributed by atoms with E-state index in [2.05, 4.69) is 41.7 Å². The molecule has 19 heavy (non-hydrogen) atoms. The molecule has 1 aromatic rings. The summed E-state index contributed by atoms with van der Waals surface area (Å²) in [4.78, 5) is 0. The van der Waals surface area contributed by atoms with Crippen molar-refractivity contribution in [3.63, 3.8) is 0 Å². The lowest BCUT2D eigenvalue weighted by Crippen LogP contribution is -2.30. The standard InChI is InChI=1S/C17H25NO/c1-19-17-14-7-3-6-12-16(18-17)13-8-11-15-9-4-2-5-10-15/h2,4-5,9-10,14,16,18H,3,6-8,11-13H2,1H3/b17-14+. The lowest BCUT2D eigenvalue weighted by Gasteiger charge is -2.23. The molecular formula is C17H25NO. The van der Waals surface area contributed by atoms with Crippen LogP contribution in [0.2, 0.25) is 0 Å². The number of ether oxygens (including phenoxy) is 1. The predicted octanol–water partition coefficient (Wildman–Crippen LogP) is 4.03. The zero-order valence-corrected chi connectivity index (χ0v) is 11.9. The van der Waals surface area contributed by atoms with Crippen molar-refractivity contribution in [1.82, 2.24) is 5.32 Å². The minimum absolute atomic E-state index is 0.565. The number of nitrogens with one attached hydrogen (secondary N) is 1. The van der Waals surface area contributed by atoms with E-state index in [0.717, 1.165) is 12.3 Å². The normalized spacial score (nSPS) is 22.6. The number of hydrogen-bond acceptors (Lipinski definition) is 2. The molecule has 1 aromatic carbocycles. The molecular weight excluding hydrogens is 234 g/mol. The maximum atomic E-state index is 5.37. The van der Waals surface area contributed by atoms with Crippen LogP contribution in [0.15, 0.2) is 42.3 Å². The second kappa shape index (κ2) is 7.88. The van der Waals surface area contributed by atoms with Crippen LogP contribution in [0.25, 0.3) is 0 Å². The molecule has 0 radical (unpaired) electrons. The SMILES string of the molecule is CO/C1=C/CCCCC(CCCc2ccccc2)N1. The van der Waals surface area contributed by atoms with Gasteiger partial charge in [-0.3, -0.25) is 0 Å². The molecule has 104 valence electrons. The summed E-state index contributed by atoms with van der Waals surface area (Å²) >= 11 is 0. The summed E-state index contributed by atoms with van der Waals surface area (Å²) in [6, 6.07) is 11.3. The molecule has 2 nitrogen and oxygen atoms in total. The van der Waals surface area contributed by atoms with Gasteiger partial charge in [-0.1, -0.05) is 36.8 Å². The fourth-order valence-corrected chi connectivity index (χ4v) is 2.66. The number of hydrogen-bond donors (Lipinski definition) is 1. The van der Waals surface area contributed by atoms with Gasteiger partial charge in [0.1, 0.15) is 0 Å². The minimum Gasteiger partial charge on any atom is -0.483 e. The van der Waals surface area contributed by atoms with Gasteiger partial charge < -0.3 is 10.1 Å². The van der Waals surface area contributed by atoms with E-state index in [-0.39, 0.29) is 0 Å². The number of rotatable bonds is 5.